The molecular formula is C39H57NO2. The van der Waals surface area contributed by atoms with Crippen LogP contribution in [0.3, 0.4) is 0 Å². The number of aryl methyl sites for hydroxylation is 2. The second-order valence-corrected chi connectivity index (χ2v) is 15.5. The number of methoxy groups -OCH3 is 1. The van der Waals surface area contributed by atoms with Crippen LogP contribution in [0.25, 0.3) is 11.1 Å². The topological polar surface area (TPSA) is 30.5 Å². The van der Waals surface area contributed by atoms with Crippen LogP contribution < -0.4 is 5.32 Å². The first kappa shape index (κ1) is 32.4. The molecule has 2 aromatic carbocycles. The third-order valence-corrected chi connectivity index (χ3v) is 10.1. The number of fused-ring (bicyclic) bond motifs is 4. The third kappa shape index (κ3) is 6.23. The number of nitrogens with one attached hydrogen (secondary N) is 1. The number of ether oxygens (including phenoxy) is 2. The number of anilines is 1. The Labute approximate surface area is 257 Å². The SMILES string of the molecule is C=C(C)CCC1(CC)CC[C@]1(OC(/C=C(\OC)C(C)(C)C)C(C)(C)C)[C@@H]1Cc2cc(C)ccc2-c2ccc(c(C)c2)N1. The molecular weight excluding hydrogens is 514 g/mol. The molecule has 5 rings (SSSR count). The van der Waals surface area contributed by atoms with Crippen molar-refractivity contribution in [2.24, 2.45) is 16.2 Å². The van der Waals surface area contributed by atoms with Gasteiger partial charge in [-0.1, -0.05) is 83.9 Å². The Balaban J connectivity index is 1.93. The van der Waals surface area contributed by atoms with Crippen molar-refractivity contribution >= 4 is 5.69 Å². The summed E-state index contributed by atoms with van der Waals surface area (Å²) in [5.41, 5.74) is 8.53. The summed E-state index contributed by atoms with van der Waals surface area (Å²) in [6.45, 7) is 26.8. The normalized spacial score (nSPS) is 24.9. The van der Waals surface area contributed by atoms with Gasteiger partial charge in [0, 0.05) is 16.5 Å². The lowest BCUT2D eigenvalue weighted by atomic mass is 9.49. The monoisotopic (exact) mass is 571 g/mol. The van der Waals surface area contributed by atoms with Crippen LogP contribution in [-0.2, 0) is 15.9 Å². The average Bonchev–Trinajstić information content (AvgIpc) is 2.98. The summed E-state index contributed by atoms with van der Waals surface area (Å²) in [7, 11) is 1.80. The highest BCUT2D eigenvalue weighted by atomic mass is 16.5. The van der Waals surface area contributed by atoms with E-state index in [0.29, 0.717) is 0 Å². The lowest BCUT2D eigenvalue weighted by Crippen LogP contribution is -2.69. The zero-order chi connectivity index (χ0) is 31.1. The van der Waals surface area contributed by atoms with E-state index in [4.69, 9.17) is 9.47 Å². The third-order valence-electron chi connectivity index (χ3n) is 10.1. The Kier molecular flexibility index (Phi) is 9.16. The van der Waals surface area contributed by atoms with Crippen LogP contribution in [0.5, 0.6) is 0 Å². The van der Waals surface area contributed by atoms with Crippen LogP contribution in [-0.4, -0.2) is 24.9 Å². The molecule has 2 aromatic rings. The molecule has 1 saturated carbocycles. The molecule has 42 heavy (non-hydrogen) atoms. The fraction of sp³-hybridized carbons (Fsp3) is 0.590. The van der Waals surface area contributed by atoms with Gasteiger partial charge in [-0.25, -0.2) is 0 Å². The maximum Gasteiger partial charge on any atom is 0.0994 e. The Hall–Kier alpha value is -2.52. The minimum atomic E-state index is -0.363. The molecule has 3 heteroatoms. The largest absolute Gasteiger partial charge is 0.501 e. The minimum absolute atomic E-state index is 0.0427. The molecule has 0 amide bonds. The molecule has 2 heterocycles. The summed E-state index contributed by atoms with van der Waals surface area (Å²) in [6, 6.07) is 14.0. The molecule has 2 aliphatic heterocycles. The fourth-order valence-corrected chi connectivity index (χ4v) is 7.33. The van der Waals surface area contributed by atoms with Crippen molar-refractivity contribution in [1.29, 1.82) is 0 Å². The van der Waals surface area contributed by atoms with E-state index in [9.17, 15) is 0 Å². The first-order valence-corrected chi connectivity index (χ1v) is 16.1. The molecule has 0 aromatic heterocycles. The first-order chi connectivity index (χ1) is 19.5. The minimum Gasteiger partial charge on any atom is -0.501 e. The van der Waals surface area contributed by atoms with E-state index >= 15 is 0 Å². The zero-order valence-electron chi connectivity index (χ0n) is 28.5. The molecule has 1 fully saturated rings. The number of allylic oxidation sites excluding steroid dienone is 2. The zero-order valence-corrected chi connectivity index (χ0v) is 28.5. The number of rotatable bonds is 9. The van der Waals surface area contributed by atoms with E-state index in [1.807, 2.05) is 0 Å². The van der Waals surface area contributed by atoms with Crippen molar-refractivity contribution in [1.82, 2.24) is 0 Å². The van der Waals surface area contributed by atoms with Gasteiger partial charge in [0.05, 0.1) is 30.6 Å². The summed E-state index contributed by atoms with van der Waals surface area (Å²) in [5.74, 6) is 0.982. The Morgan fingerprint density at radius 2 is 1.79 bits per heavy atom. The summed E-state index contributed by atoms with van der Waals surface area (Å²) >= 11 is 0. The van der Waals surface area contributed by atoms with Crippen molar-refractivity contribution in [3.63, 3.8) is 0 Å². The van der Waals surface area contributed by atoms with E-state index in [1.165, 1.54) is 45.5 Å². The van der Waals surface area contributed by atoms with Gasteiger partial charge in [-0.2, -0.15) is 0 Å². The summed E-state index contributed by atoms with van der Waals surface area (Å²) in [4.78, 5) is 0. The first-order valence-electron chi connectivity index (χ1n) is 16.1. The highest BCUT2D eigenvalue weighted by Gasteiger charge is 2.63. The Bertz CT molecular complexity index is 1320. The molecule has 0 saturated heterocycles. The van der Waals surface area contributed by atoms with Gasteiger partial charge in [0.25, 0.3) is 0 Å². The lowest BCUT2D eigenvalue weighted by Gasteiger charge is -2.64. The molecule has 4 atom stereocenters. The van der Waals surface area contributed by atoms with Crippen LogP contribution >= 0.6 is 0 Å². The van der Waals surface area contributed by atoms with E-state index in [0.717, 1.165) is 37.9 Å². The summed E-state index contributed by atoms with van der Waals surface area (Å²) < 4.78 is 13.8. The molecule has 2 unspecified atom stereocenters. The molecule has 2 bridgehead atoms. The molecule has 0 radical (unpaired) electrons. The van der Waals surface area contributed by atoms with Gasteiger partial charge in [-0.3, -0.25) is 0 Å². The maximum absolute atomic E-state index is 7.76. The van der Waals surface area contributed by atoms with Gasteiger partial charge < -0.3 is 14.8 Å². The highest BCUT2D eigenvalue weighted by Crippen LogP contribution is 2.61. The average molecular weight is 572 g/mol. The standard InChI is InChI=1S/C39H57NO2/c1-13-38(19-18-26(2)3)20-21-39(38,42-35(37(9,10)11)25-34(41-12)36(6,7)8)33-24-30-22-27(4)14-16-31(30)29-15-17-32(40-33)28(5)23-29/h14-17,22-23,25,33,35,40H,2,13,18-21,24H2,1,3-12H3/b34-25-/t33-,35?,38?,39-/m0/s1. The fourth-order valence-electron chi connectivity index (χ4n) is 7.33. The van der Waals surface area contributed by atoms with Crippen molar-refractivity contribution in [2.75, 3.05) is 12.4 Å². The number of hydrogen-bond acceptors (Lipinski definition) is 3. The smallest absolute Gasteiger partial charge is 0.0994 e. The Morgan fingerprint density at radius 1 is 1.07 bits per heavy atom. The molecule has 0 spiro atoms. The lowest BCUT2D eigenvalue weighted by molar-refractivity contribution is -0.247. The van der Waals surface area contributed by atoms with Crippen LogP contribution in [0.1, 0.15) is 104 Å². The molecule has 3 aliphatic rings. The van der Waals surface area contributed by atoms with Gasteiger partial charge in [-0.05, 0) is 105 Å². The molecule has 1 N–H and O–H groups in total. The molecule has 230 valence electrons. The summed E-state index contributed by atoms with van der Waals surface area (Å²) in [6.07, 6.45) is 8.48. The van der Waals surface area contributed by atoms with Crippen molar-refractivity contribution < 1.29 is 9.47 Å². The predicted octanol–water partition coefficient (Wildman–Crippen LogP) is 10.6. The second-order valence-electron chi connectivity index (χ2n) is 15.5. The Morgan fingerprint density at radius 3 is 2.31 bits per heavy atom. The number of hydrogen-bond donors (Lipinski definition) is 1. The maximum atomic E-state index is 7.76. The van der Waals surface area contributed by atoms with Crippen LogP contribution in [0.4, 0.5) is 5.69 Å². The quantitative estimate of drug-likeness (QED) is 0.240. The summed E-state index contributed by atoms with van der Waals surface area (Å²) in [5, 5.41) is 4.12. The van der Waals surface area contributed by atoms with Gasteiger partial charge in [0.15, 0.2) is 0 Å². The van der Waals surface area contributed by atoms with E-state index in [2.05, 4.69) is 124 Å². The van der Waals surface area contributed by atoms with E-state index < -0.39 is 0 Å². The van der Waals surface area contributed by atoms with Gasteiger partial charge in [0.1, 0.15) is 0 Å². The van der Waals surface area contributed by atoms with Gasteiger partial charge in [0.2, 0.25) is 0 Å². The van der Waals surface area contributed by atoms with Crippen molar-refractivity contribution in [2.45, 2.75) is 126 Å². The van der Waals surface area contributed by atoms with Crippen LogP contribution in [0.15, 0.2) is 60.4 Å². The van der Waals surface area contributed by atoms with Crippen LogP contribution in [0, 0.1) is 30.1 Å². The van der Waals surface area contributed by atoms with Crippen molar-refractivity contribution in [3.05, 3.63) is 77.1 Å². The number of benzene rings is 2. The van der Waals surface area contributed by atoms with E-state index in [1.54, 1.807) is 7.11 Å². The molecule has 1 aliphatic carbocycles. The van der Waals surface area contributed by atoms with Gasteiger partial charge >= 0.3 is 0 Å². The molecule has 3 nitrogen and oxygen atoms in total. The van der Waals surface area contributed by atoms with Crippen molar-refractivity contribution in [3.8, 4) is 11.1 Å². The second kappa shape index (κ2) is 11.9. The van der Waals surface area contributed by atoms with E-state index in [-0.39, 0.29) is 34.0 Å². The van der Waals surface area contributed by atoms with Crippen LogP contribution in [0.2, 0.25) is 0 Å². The van der Waals surface area contributed by atoms with Gasteiger partial charge in [-0.15, -0.1) is 6.58 Å². The highest BCUT2D eigenvalue weighted by molar-refractivity contribution is 5.73. The predicted molar refractivity (Wildman–Crippen MR) is 180 cm³/mol.